The summed E-state index contributed by atoms with van der Waals surface area (Å²) in [6.45, 7) is 5.71. The molecule has 0 saturated heterocycles. The molecule has 0 atom stereocenters. The minimum Gasteiger partial charge on any atom is -0.399 e. The number of benzene rings is 3. The van der Waals surface area contributed by atoms with Gasteiger partial charge in [0, 0.05) is 12.1 Å². The van der Waals surface area contributed by atoms with Gasteiger partial charge < -0.3 is 5.73 Å². The summed E-state index contributed by atoms with van der Waals surface area (Å²) in [5.74, 6) is 2.68. The highest BCUT2D eigenvalue weighted by Gasteiger charge is 2.31. The minimum atomic E-state index is -4.39. The second kappa shape index (κ2) is 9.36. The van der Waals surface area contributed by atoms with Crippen LogP contribution in [0.4, 0.5) is 18.9 Å². The summed E-state index contributed by atoms with van der Waals surface area (Å²) in [4.78, 5) is 0. The molecular weight excluding hydrogens is 407 g/mol. The summed E-state index contributed by atoms with van der Waals surface area (Å²) < 4.78 is 39.8. The average molecular weight is 434 g/mol. The number of halogens is 3. The summed E-state index contributed by atoms with van der Waals surface area (Å²) in [5, 5.41) is 0. The first kappa shape index (κ1) is 23.2. The van der Waals surface area contributed by atoms with Crippen molar-refractivity contribution in [3.63, 3.8) is 0 Å². The molecule has 1 nitrogen and oxygen atoms in total. The van der Waals surface area contributed by atoms with E-state index in [1.807, 2.05) is 56.3 Å². The van der Waals surface area contributed by atoms with E-state index in [4.69, 9.17) is 12.2 Å². The SMILES string of the molecule is C#CCC/C(=C(/c1ccc(C)cc1)c1ccc(N)cc1C)c1ccc(C(F)(F)F)cc1C. The van der Waals surface area contributed by atoms with Crippen molar-refractivity contribution < 1.29 is 13.2 Å². The van der Waals surface area contributed by atoms with Crippen molar-refractivity contribution in [2.75, 3.05) is 5.73 Å². The Balaban J connectivity index is 2.36. The second-order valence-corrected chi connectivity index (χ2v) is 8.03. The van der Waals surface area contributed by atoms with Crippen molar-refractivity contribution in [3.8, 4) is 12.3 Å². The molecule has 0 aromatic heterocycles. The normalized spacial score (nSPS) is 12.3. The summed E-state index contributed by atoms with van der Waals surface area (Å²) in [6, 6.07) is 17.7. The molecule has 0 amide bonds. The van der Waals surface area contributed by atoms with Crippen LogP contribution in [0.25, 0.3) is 11.1 Å². The number of hydrogen-bond donors (Lipinski definition) is 1. The van der Waals surface area contributed by atoms with E-state index in [1.54, 1.807) is 13.0 Å². The predicted molar refractivity (Wildman–Crippen MR) is 127 cm³/mol. The van der Waals surface area contributed by atoms with E-state index in [9.17, 15) is 13.2 Å². The third-order valence-electron chi connectivity index (χ3n) is 5.56. The Labute approximate surface area is 187 Å². The number of aryl methyl sites for hydroxylation is 3. The van der Waals surface area contributed by atoms with Crippen LogP contribution >= 0.6 is 0 Å². The zero-order valence-electron chi connectivity index (χ0n) is 18.5. The van der Waals surface area contributed by atoms with Crippen LogP contribution in [0, 0.1) is 33.1 Å². The van der Waals surface area contributed by atoms with E-state index in [-0.39, 0.29) is 0 Å². The Hall–Kier alpha value is -3.45. The number of anilines is 1. The maximum absolute atomic E-state index is 13.3. The molecule has 0 aliphatic carbocycles. The van der Waals surface area contributed by atoms with Crippen molar-refractivity contribution in [2.45, 2.75) is 39.8 Å². The molecule has 4 heteroatoms. The smallest absolute Gasteiger partial charge is 0.399 e. The van der Waals surface area contributed by atoms with Gasteiger partial charge in [0.25, 0.3) is 0 Å². The number of hydrogen-bond acceptors (Lipinski definition) is 1. The second-order valence-electron chi connectivity index (χ2n) is 8.03. The zero-order chi connectivity index (χ0) is 23.5. The quantitative estimate of drug-likeness (QED) is 0.250. The molecule has 0 fully saturated rings. The topological polar surface area (TPSA) is 26.0 Å². The Bertz CT molecular complexity index is 1190. The molecule has 0 aliphatic rings. The summed E-state index contributed by atoms with van der Waals surface area (Å²) in [6.07, 6.45) is 2.20. The molecule has 0 unspecified atom stereocenters. The minimum absolute atomic E-state index is 0.471. The Kier molecular flexibility index (Phi) is 6.79. The van der Waals surface area contributed by atoms with Gasteiger partial charge in [0.1, 0.15) is 0 Å². The lowest BCUT2D eigenvalue weighted by atomic mass is 9.83. The Morgan fingerprint density at radius 1 is 0.875 bits per heavy atom. The van der Waals surface area contributed by atoms with Gasteiger partial charge in [-0.05, 0) is 90.4 Å². The first-order valence-electron chi connectivity index (χ1n) is 10.4. The van der Waals surface area contributed by atoms with E-state index in [0.717, 1.165) is 45.0 Å². The average Bonchev–Trinajstić information content (AvgIpc) is 2.72. The van der Waals surface area contributed by atoms with Gasteiger partial charge in [0.15, 0.2) is 0 Å². The molecule has 0 bridgehead atoms. The lowest BCUT2D eigenvalue weighted by molar-refractivity contribution is -0.137. The molecule has 3 aromatic rings. The summed E-state index contributed by atoms with van der Waals surface area (Å²) in [7, 11) is 0. The van der Waals surface area contributed by atoms with Crippen molar-refractivity contribution in [1.82, 2.24) is 0 Å². The van der Waals surface area contributed by atoms with E-state index in [1.165, 1.54) is 6.07 Å². The molecule has 3 aromatic carbocycles. The van der Waals surface area contributed by atoms with Crippen LogP contribution in [0.1, 0.15) is 51.8 Å². The molecule has 164 valence electrons. The largest absolute Gasteiger partial charge is 0.416 e. The molecule has 0 spiro atoms. The van der Waals surface area contributed by atoms with Gasteiger partial charge in [-0.15, -0.1) is 12.3 Å². The van der Waals surface area contributed by atoms with Crippen LogP contribution in [0.3, 0.4) is 0 Å². The van der Waals surface area contributed by atoms with Crippen LogP contribution in [0.5, 0.6) is 0 Å². The van der Waals surface area contributed by atoms with Crippen molar-refractivity contribution in [1.29, 1.82) is 0 Å². The van der Waals surface area contributed by atoms with Gasteiger partial charge >= 0.3 is 6.18 Å². The Morgan fingerprint density at radius 3 is 2.06 bits per heavy atom. The van der Waals surface area contributed by atoms with Crippen molar-refractivity contribution >= 4 is 16.8 Å². The molecule has 0 saturated carbocycles. The first-order chi connectivity index (χ1) is 15.1. The molecular formula is C28H26F3N. The number of nitrogens with two attached hydrogens (primary N) is 1. The summed E-state index contributed by atoms with van der Waals surface area (Å²) in [5.41, 5.74) is 13.3. The lowest BCUT2D eigenvalue weighted by Gasteiger charge is -2.21. The van der Waals surface area contributed by atoms with Gasteiger partial charge in [-0.3, -0.25) is 0 Å². The fourth-order valence-electron chi connectivity index (χ4n) is 3.95. The number of allylic oxidation sites excluding steroid dienone is 1. The highest BCUT2D eigenvalue weighted by atomic mass is 19.4. The predicted octanol–water partition coefficient (Wildman–Crippen LogP) is 7.59. The monoisotopic (exact) mass is 433 g/mol. The van der Waals surface area contributed by atoms with Gasteiger partial charge in [0.05, 0.1) is 5.56 Å². The fourth-order valence-corrected chi connectivity index (χ4v) is 3.95. The standard InChI is InChI=1S/C28H26F3N/c1-5-6-7-26(24-14-12-22(16-19(24)3)28(29,30)31)27(21-10-8-18(2)9-11-21)25-15-13-23(32)17-20(25)4/h1,8-17H,6-7,32H2,2-4H3/b27-26+. The maximum Gasteiger partial charge on any atom is 0.416 e. The van der Waals surface area contributed by atoms with E-state index >= 15 is 0 Å². The number of rotatable bonds is 5. The molecule has 0 radical (unpaired) electrons. The first-order valence-corrected chi connectivity index (χ1v) is 10.4. The van der Waals surface area contributed by atoms with Crippen molar-refractivity contribution in [3.05, 3.63) is 99.6 Å². The number of terminal acetylenes is 1. The van der Waals surface area contributed by atoms with Gasteiger partial charge in [-0.25, -0.2) is 0 Å². The van der Waals surface area contributed by atoms with Crippen LogP contribution < -0.4 is 5.73 Å². The highest BCUT2D eigenvalue weighted by molar-refractivity contribution is 6.00. The third kappa shape index (κ3) is 5.06. The maximum atomic E-state index is 13.3. The third-order valence-corrected chi connectivity index (χ3v) is 5.56. The van der Waals surface area contributed by atoms with Crippen LogP contribution in [0.2, 0.25) is 0 Å². The number of nitrogen functional groups attached to an aromatic ring is 1. The lowest BCUT2D eigenvalue weighted by Crippen LogP contribution is -2.06. The van der Waals surface area contributed by atoms with E-state index < -0.39 is 11.7 Å². The van der Waals surface area contributed by atoms with E-state index in [2.05, 4.69) is 5.92 Å². The molecule has 0 aliphatic heterocycles. The van der Waals surface area contributed by atoms with Crippen LogP contribution in [-0.2, 0) is 6.18 Å². The zero-order valence-corrected chi connectivity index (χ0v) is 18.5. The van der Waals surface area contributed by atoms with Gasteiger partial charge in [-0.2, -0.15) is 13.2 Å². The molecule has 0 heterocycles. The molecule has 32 heavy (non-hydrogen) atoms. The molecule has 2 N–H and O–H groups in total. The van der Waals surface area contributed by atoms with Crippen LogP contribution in [0.15, 0.2) is 60.7 Å². The van der Waals surface area contributed by atoms with Gasteiger partial charge in [0.2, 0.25) is 0 Å². The van der Waals surface area contributed by atoms with E-state index in [0.29, 0.717) is 24.1 Å². The molecule has 3 rings (SSSR count). The highest BCUT2D eigenvalue weighted by Crippen LogP contribution is 2.39. The van der Waals surface area contributed by atoms with Crippen molar-refractivity contribution in [2.24, 2.45) is 0 Å². The van der Waals surface area contributed by atoms with Crippen LogP contribution in [-0.4, -0.2) is 0 Å². The number of alkyl halides is 3. The fraction of sp³-hybridized carbons (Fsp3) is 0.214. The van der Waals surface area contributed by atoms with Gasteiger partial charge in [-0.1, -0.05) is 42.0 Å². The summed E-state index contributed by atoms with van der Waals surface area (Å²) >= 11 is 0. The Morgan fingerprint density at radius 2 is 1.50 bits per heavy atom.